The van der Waals surface area contributed by atoms with Crippen LogP contribution in [0.3, 0.4) is 0 Å². The zero-order chi connectivity index (χ0) is 17.4. The predicted molar refractivity (Wildman–Crippen MR) is 79.9 cm³/mol. The number of hydrogen-bond acceptors (Lipinski definition) is 10. The number of hydrogen-bond donors (Lipinski definition) is 1. The Kier molecular flexibility index (Phi) is 8.23. The lowest BCUT2D eigenvalue weighted by molar-refractivity contribution is -0.567. The van der Waals surface area contributed by atoms with Gasteiger partial charge in [-0.3, -0.25) is 9.68 Å². The van der Waals surface area contributed by atoms with E-state index < -0.39 is 12.6 Å². The SMILES string of the molecule is CCON(OCC)C1COC(OCC)(OC2OCC(N)CO2)OC1. The maximum absolute atomic E-state index is 5.70. The lowest BCUT2D eigenvalue weighted by atomic mass is 10.3. The summed E-state index contributed by atoms with van der Waals surface area (Å²) in [5.74, 6) is 0. The van der Waals surface area contributed by atoms with Crippen LogP contribution < -0.4 is 5.73 Å². The molecule has 0 aliphatic carbocycles. The van der Waals surface area contributed by atoms with E-state index >= 15 is 0 Å². The van der Waals surface area contributed by atoms with E-state index in [1.807, 2.05) is 13.8 Å². The highest BCUT2D eigenvalue weighted by atomic mass is 17.1. The topological polar surface area (TPSA) is 103 Å². The van der Waals surface area contributed by atoms with E-state index in [4.69, 9.17) is 43.8 Å². The van der Waals surface area contributed by atoms with Crippen LogP contribution in [0.25, 0.3) is 0 Å². The lowest BCUT2D eigenvalue weighted by Gasteiger charge is -2.41. The van der Waals surface area contributed by atoms with Gasteiger partial charge in [-0.1, -0.05) is 5.23 Å². The van der Waals surface area contributed by atoms with Crippen molar-refractivity contribution < 1.29 is 38.1 Å². The van der Waals surface area contributed by atoms with Crippen LogP contribution in [0, 0.1) is 0 Å². The highest BCUT2D eigenvalue weighted by Crippen LogP contribution is 2.27. The Hall–Kier alpha value is -0.400. The smallest absolute Gasteiger partial charge is 0.328 e. The Balaban J connectivity index is 1.90. The summed E-state index contributed by atoms with van der Waals surface area (Å²) >= 11 is 0. The zero-order valence-electron chi connectivity index (χ0n) is 14.5. The van der Waals surface area contributed by atoms with Crippen LogP contribution in [0.5, 0.6) is 0 Å². The second-order valence-electron chi connectivity index (χ2n) is 5.16. The van der Waals surface area contributed by atoms with E-state index in [0.29, 0.717) is 33.0 Å². The first-order valence-corrected chi connectivity index (χ1v) is 8.26. The predicted octanol–water partition coefficient (Wildman–Crippen LogP) is -0.0711. The van der Waals surface area contributed by atoms with Gasteiger partial charge in [0, 0.05) is 0 Å². The van der Waals surface area contributed by atoms with E-state index in [0.717, 1.165) is 0 Å². The molecule has 0 radical (unpaired) electrons. The molecule has 2 saturated heterocycles. The number of nitrogens with zero attached hydrogens (tertiary/aromatic N) is 1. The van der Waals surface area contributed by atoms with E-state index in [1.165, 1.54) is 5.23 Å². The summed E-state index contributed by atoms with van der Waals surface area (Å²) < 4.78 is 33.1. The minimum absolute atomic E-state index is 0.184. The molecular formula is C14H28N2O8. The molecule has 0 spiro atoms. The second kappa shape index (κ2) is 9.92. The van der Waals surface area contributed by atoms with Crippen LogP contribution in [0.4, 0.5) is 0 Å². The van der Waals surface area contributed by atoms with Gasteiger partial charge < -0.3 is 29.4 Å². The fourth-order valence-corrected chi connectivity index (χ4v) is 2.16. The Morgan fingerprint density at radius 1 is 0.958 bits per heavy atom. The molecule has 24 heavy (non-hydrogen) atoms. The third kappa shape index (κ3) is 5.56. The van der Waals surface area contributed by atoms with Crippen molar-refractivity contribution in [1.82, 2.24) is 5.23 Å². The highest BCUT2D eigenvalue weighted by Gasteiger charge is 2.46. The van der Waals surface area contributed by atoms with E-state index in [1.54, 1.807) is 6.92 Å². The average Bonchev–Trinajstić information content (AvgIpc) is 2.58. The summed E-state index contributed by atoms with van der Waals surface area (Å²) in [6, 6.07) is -0.444. The summed E-state index contributed by atoms with van der Waals surface area (Å²) in [6.07, 6.45) is -1.69. The second-order valence-corrected chi connectivity index (χ2v) is 5.16. The van der Waals surface area contributed by atoms with Gasteiger partial charge in [0.2, 0.25) is 0 Å². The molecule has 0 saturated carbocycles. The monoisotopic (exact) mass is 352 g/mol. The molecule has 142 valence electrons. The molecule has 10 nitrogen and oxygen atoms in total. The fourth-order valence-electron chi connectivity index (χ4n) is 2.16. The molecule has 2 N–H and O–H groups in total. The zero-order valence-corrected chi connectivity index (χ0v) is 14.5. The maximum Gasteiger partial charge on any atom is 0.416 e. The van der Waals surface area contributed by atoms with Crippen molar-refractivity contribution >= 4 is 0 Å². The van der Waals surface area contributed by atoms with Crippen LogP contribution >= 0.6 is 0 Å². The molecule has 0 aromatic heterocycles. The van der Waals surface area contributed by atoms with E-state index in [-0.39, 0.29) is 25.3 Å². The molecule has 0 aromatic rings. The first kappa shape index (κ1) is 19.9. The summed E-state index contributed by atoms with van der Waals surface area (Å²) in [6.45, 7) is 6.88. The standard InChI is InChI=1S/C14H28N2O8/c1-4-19-14(24-13-17-7-11(15)8-18-13)20-9-12(10-21-14)16(22-5-2)23-6-3/h11-13H,4-10,15H2,1-3H3. The van der Waals surface area contributed by atoms with Gasteiger partial charge in [0.1, 0.15) is 6.04 Å². The Labute approximate surface area is 141 Å². The van der Waals surface area contributed by atoms with Crippen LogP contribution in [-0.4, -0.2) is 76.2 Å². The van der Waals surface area contributed by atoms with Gasteiger partial charge in [-0.05, 0) is 20.8 Å². The summed E-state index contributed by atoms with van der Waals surface area (Å²) in [5.41, 5.74) is 5.70. The molecule has 2 heterocycles. The molecule has 0 atom stereocenters. The van der Waals surface area contributed by atoms with Gasteiger partial charge >= 0.3 is 6.16 Å². The van der Waals surface area contributed by atoms with Gasteiger partial charge in [-0.2, -0.15) is 0 Å². The van der Waals surface area contributed by atoms with Gasteiger partial charge in [-0.15, -0.1) is 0 Å². The van der Waals surface area contributed by atoms with Gasteiger partial charge in [0.15, 0.2) is 0 Å². The molecule has 10 heteroatoms. The van der Waals surface area contributed by atoms with Crippen LogP contribution in [0.2, 0.25) is 0 Å². The van der Waals surface area contributed by atoms with Gasteiger partial charge in [-0.25, -0.2) is 4.74 Å². The van der Waals surface area contributed by atoms with Crippen LogP contribution in [0.15, 0.2) is 0 Å². The van der Waals surface area contributed by atoms with E-state index in [2.05, 4.69) is 0 Å². The third-order valence-electron chi connectivity index (χ3n) is 3.17. The first-order valence-electron chi connectivity index (χ1n) is 8.26. The van der Waals surface area contributed by atoms with Crippen molar-refractivity contribution in [2.75, 3.05) is 46.2 Å². The van der Waals surface area contributed by atoms with Crippen molar-refractivity contribution in [3.8, 4) is 0 Å². The molecule has 0 bridgehead atoms. The number of nitrogens with two attached hydrogens (primary N) is 1. The van der Waals surface area contributed by atoms with Crippen molar-refractivity contribution in [3.05, 3.63) is 0 Å². The number of hydroxylamine groups is 2. The highest BCUT2D eigenvalue weighted by molar-refractivity contribution is 4.67. The normalized spacial score (nSPS) is 34.6. The Morgan fingerprint density at radius 3 is 2.04 bits per heavy atom. The van der Waals surface area contributed by atoms with E-state index in [9.17, 15) is 0 Å². The minimum atomic E-state index is -1.69. The average molecular weight is 352 g/mol. The number of rotatable bonds is 9. The number of ether oxygens (including phenoxy) is 6. The first-order chi connectivity index (χ1) is 11.6. The van der Waals surface area contributed by atoms with Gasteiger partial charge in [0.25, 0.3) is 6.48 Å². The molecule has 2 rings (SSSR count). The Bertz CT molecular complexity index is 340. The van der Waals surface area contributed by atoms with Crippen LogP contribution in [0.1, 0.15) is 20.8 Å². The van der Waals surface area contributed by atoms with Gasteiger partial charge in [0.05, 0.1) is 52.3 Å². The van der Waals surface area contributed by atoms with Crippen molar-refractivity contribution in [1.29, 1.82) is 0 Å². The molecule has 2 fully saturated rings. The quantitative estimate of drug-likeness (QED) is 0.448. The summed E-state index contributed by atoms with van der Waals surface area (Å²) in [7, 11) is 0. The molecule has 0 amide bonds. The molecular weight excluding hydrogens is 324 g/mol. The molecule has 2 aliphatic heterocycles. The Morgan fingerprint density at radius 2 is 1.54 bits per heavy atom. The summed E-state index contributed by atoms with van der Waals surface area (Å²) in [5, 5.41) is 1.38. The molecule has 0 unspecified atom stereocenters. The van der Waals surface area contributed by atoms with Crippen molar-refractivity contribution in [3.63, 3.8) is 0 Å². The lowest BCUT2D eigenvalue weighted by Crippen LogP contribution is -2.57. The molecule has 0 aromatic carbocycles. The van der Waals surface area contributed by atoms with Crippen molar-refractivity contribution in [2.45, 2.75) is 45.5 Å². The maximum atomic E-state index is 5.70. The summed E-state index contributed by atoms with van der Waals surface area (Å²) in [4.78, 5) is 10.8. The fraction of sp³-hybridized carbons (Fsp3) is 1.00. The molecule has 2 aliphatic rings. The van der Waals surface area contributed by atoms with Crippen molar-refractivity contribution in [2.24, 2.45) is 5.73 Å². The van der Waals surface area contributed by atoms with Crippen LogP contribution in [-0.2, 0) is 38.1 Å². The minimum Gasteiger partial charge on any atom is -0.328 e. The third-order valence-corrected chi connectivity index (χ3v) is 3.17. The largest absolute Gasteiger partial charge is 0.416 e.